The first-order valence-corrected chi connectivity index (χ1v) is 15.2. The van der Waals surface area contributed by atoms with Crippen molar-refractivity contribution < 1.29 is 22.3 Å². The van der Waals surface area contributed by atoms with Gasteiger partial charge in [0.2, 0.25) is 0 Å². The van der Waals surface area contributed by atoms with E-state index >= 15 is 0 Å². The van der Waals surface area contributed by atoms with E-state index < -0.39 is 15.7 Å². The van der Waals surface area contributed by atoms with Crippen molar-refractivity contribution in [1.82, 2.24) is 24.2 Å². The molecule has 1 fully saturated rings. The number of rotatable bonds is 4. The molecule has 2 aromatic heterocycles. The van der Waals surface area contributed by atoms with Gasteiger partial charge in [-0.3, -0.25) is 4.90 Å². The quantitative estimate of drug-likeness (QED) is 0.344. The molecule has 9 nitrogen and oxygen atoms in total. The van der Waals surface area contributed by atoms with Gasteiger partial charge in [0.15, 0.2) is 15.7 Å². The monoisotopic (exact) mass is 613 g/mol. The fourth-order valence-electron chi connectivity index (χ4n) is 5.60. The summed E-state index contributed by atoms with van der Waals surface area (Å²) < 4.78 is 57.1. The third-order valence-corrected chi connectivity index (χ3v) is 9.82. The Morgan fingerprint density at radius 1 is 1.00 bits per heavy atom. The minimum atomic E-state index is -3.94. The molecule has 0 bridgehead atoms. The molecule has 0 saturated carbocycles. The first-order valence-electron chi connectivity index (χ1n) is 12.8. The highest BCUT2D eigenvalue weighted by Gasteiger charge is 2.38. The van der Waals surface area contributed by atoms with Crippen LogP contribution in [0.4, 0.5) is 4.39 Å². The summed E-state index contributed by atoms with van der Waals surface area (Å²) in [5, 5.41) is 4.95. The van der Waals surface area contributed by atoms with Crippen LogP contribution in [0.3, 0.4) is 0 Å². The molecule has 0 aliphatic carbocycles. The zero-order chi connectivity index (χ0) is 26.7. The van der Waals surface area contributed by atoms with Gasteiger partial charge in [-0.2, -0.15) is 5.10 Å². The molecule has 0 spiro atoms. The second kappa shape index (κ2) is 9.63. The van der Waals surface area contributed by atoms with Crippen LogP contribution in [0.2, 0.25) is 0 Å². The molecule has 1 saturated heterocycles. The van der Waals surface area contributed by atoms with Crippen LogP contribution < -0.4 is 0 Å². The minimum absolute atomic E-state index is 0.283. The number of benzene rings is 2. The van der Waals surface area contributed by atoms with Gasteiger partial charge >= 0.3 is 0 Å². The second-order valence-electron chi connectivity index (χ2n) is 9.90. The molecular formula is C27H25BrFN5O4S. The summed E-state index contributed by atoms with van der Waals surface area (Å²) in [6.45, 7) is 5.55. The van der Waals surface area contributed by atoms with Crippen molar-refractivity contribution in [2.75, 3.05) is 32.9 Å². The summed E-state index contributed by atoms with van der Waals surface area (Å²) in [4.78, 5) is 6.78. The molecule has 39 heavy (non-hydrogen) atoms. The van der Waals surface area contributed by atoms with Crippen LogP contribution in [0.25, 0.3) is 28.5 Å². The number of morpholine rings is 1. The number of sulfone groups is 1. The largest absolute Gasteiger partial charge is 0.379 e. The number of aromatic nitrogens is 4. The van der Waals surface area contributed by atoms with E-state index in [1.54, 1.807) is 10.7 Å². The highest BCUT2D eigenvalue weighted by atomic mass is 79.9. The number of nitrogens with zero attached hydrogens (tertiary/aromatic N) is 5. The molecule has 3 aliphatic rings. The topological polar surface area (TPSA) is 91.5 Å². The lowest BCUT2D eigenvalue weighted by atomic mass is 10.0. The first-order chi connectivity index (χ1) is 18.9. The zero-order valence-electron chi connectivity index (χ0n) is 20.9. The van der Waals surface area contributed by atoms with Gasteiger partial charge < -0.3 is 14.0 Å². The lowest BCUT2D eigenvalue weighted by molar-refractivity contribution is 0.0342. The number of hydrogen-bond donors (Lipinski definition) is 0. The lowest BCUT2D eigenvalue weighted by Crippen LogP contribution is -2.35. The Balaban J connectivity index is 1.40. The van der Waals surface area contributed by atoms with Crippen LogP contribution in [-0.4, -0.2) is 65.6 Å². The summed E-state index contributed by atoms with van der Waals surface area (Å²) in [6.07, 6.45) is 0. The van der Waals surface area contributed by atoms with E-state index in [-0.39, 0.29) is 10.6 Å². The van der Waals surface area contributed by atoms with Gasteiger partial charge in [0.05, 0.1) is 49.3 Å². The highest BCUT2D eigenvalue weighted by molar-refractivity contribution is 9.10. The lowest BCUT2D eigenvalue weighted by Gasteiger charge is -2.26. The Bertz CT molecular complexity index is 1690. The summed E-state index contributed by atoms with van der Waals surface area (Å²) in [5.74, 6) is -0.558. The smallest absolute Gasteiger partial charge is 0.186 e. The number of halogens is 2. The summed E-state index contributed by atoms with van der Waals surface area (Å²) in [7, 11) is -3.94. The van der Waals surface area contributed by atoms with E-state index in [0.717, 1.165) is 49.8 Å². The average Bonchev–Trinajstić information content (AvgIpc) is 3.47. The van der Waals surface area contributed by atoms with Gasteiger partial charge in [0.25, 0.3) is 0 Å². The Morgan fingerprint density at radius 3 is 2.56 bits per heavy atom. The van der Waals surface area contributed by atoms with Crippen molar-refractivity contribution in [2.45, 2.75) is 30.3 Å². The average molecular weight is 614 g/mol. The Kier molecular flexibility index (Phi) is 6.20. The fraction of sp³-hybridized carbons (Fsp3) is 0.333. The normalized spacial score (nSPS) is 18.4. The molecule has 12 heteroatoms. The molecule has 3 aliphatic heterocycles. The molecule has 2 aromatic carbocycles. The van der Waals surface area contributed by atoms with Crippen molar-refractivity contribution >= 4 is 25.8 Å². The molecule has 0 atom stereocenters. The third-order valence-electron chi connectivity index (χ3n) is 7.48. The van der Waals surface area contributed by atoms with Crippen LogP contribution >= 0.6 is 15.9 Å². The maximum absolute atomic E-state index is 15.0. The number of fused-ring (bicyclic) bond motifs is 4. The standard InChI is InChI=1S/C27H25BrFN5O4S/c28-26-22-15-38-13-10-33(22)27(30-26)23-20-16-39(35,36)25-19(2-1-3-21(25)29)24(20)34(31-23)18-6-4-17(5-7-18)14-32-8-11-37-12-9-32/h1-7H,8-16H2. The van der Waals surface area contributed by atoms with Gasteiger partial charge in [-0.1, -0.05) is 24.3 Å². The van der Waals surface area contributed by atoms with E-state index in [1.807, 2.05) is 16.7 Å². The predicted molar refractivity (Wildman–Crippen MR) is 145 cm³/mol. The summed E-state index contributed by atoms with van der Waals surface area (Å²) >= 11 is 3.53. The SMILES string of the molecule is O=S1(=O)Cc2c(-c3nc(Br)c4n3CCOC4)nn(-c3ccc(CN4CCOCC4)cc3)c2-c2cccc(F)c21. The molecule has 0 N–H and O–H groups in total. The summed E-state index contributed by atoms with van der Waals surface area (Å²) in [6, 6.07) is 12.4. The van der Waals surface area contributed by atoms with E-state index in [2.05, 4.69) is 33.0 Å². The van der Waals surface area contributed by atoms with Crippen molar-refractivity contribution in [1.29, 1.82) is 0 Å². The number of hydrogen-bond acceptors (Lipinski definition) is 7. The molecule has 0 amide bonds. The minimum Gasteiger partial charge on any atom is -0.379 e. The van der Waals surface area contributed by atoms with Gasteiger partial charge in [0.1, 0.15) is 21.0 Å². The van der Waals surface area contributed by atoms with Gasteiger partial charge in [-0.25, -0.2) is 22.5 Å². The first kappa shape index (κ1) is 25.1. The van der Waals surface area contributed by atoms with E-state index in [1.165, 1.54) is 12.1 Å². The van der Waals surface area contributed by atoms with Gasteiger partial charge in [-0.05, 0) is 39.7 Å². The Labute approximate surface area is 233 Å². The molecule has 4 aromatic rings. The van der Waals surface area contributed by atoms with Gasteiger partial charge in [-0.15, -0.1) is 0 Å². The Morgan fingerprint density at radius 2 is 1.77 bits per heavy atom. The van der Waals surface area contributed by atoms with Crippen molar-refractivity contribution in [3.05, 3.63) is 69.7 Å². The number of imidazole rings is 1. The van der Waals surface area contributed by atoms with Crippen LogP contribution in [0.5, 0.6) is 0 Å². The molecule has 5 heterocycles. The van der Waals surface area contributed by atoms with E-state index in [9.17, 15) is 12.8 Å². The predicted octanol–water partition coefficient (Wildman–Crippen LogP) is 3.95. The molecule has 0 radical (unpaired) electrons. The van der Waals surface area contributed by atoms with Crippen molar-refractivity contribution in [3.8, 4) is 28.5 Å². The Hall–Kier alpha value is -2.90. The van der Waals surface area contributed by atoms with E-state index in [0.29, 0.717) is 52.7 Å². The van der Waals surface area contributed by atoms with Crippen LogP contribution in [-0.2, 0) is 44.8 Å². The molecular weight excluding hydrogens is 589 g/mol. The van der Waals surface area contributed by atoms with Crippen molar-refractivity contribution in [2.24, 2.45) is 0 Å². The second-order valence-corrected chi connectivity index (χ2v) is 12.6. The highest BCUT2D eigenvalue weighted by Crippen LogP contribution is 2.44. The number of ether oxygens (including phenoxy) is 2. The maximum atomic E-state index is 15.0. The van der Waals surface area contributed by atoms with Crippen LogP contribution in [0.15, 0.2) is 52.0 Å². The maximum Gasteiger partial charge on any atom is 0.186 e. The zero-order valence-corrected chi connectivity index (χ0v) is 23.3. The van der Waals surface area contributed by atoms with Gasteiger partial charge in [0, 0.05) is 37.3 Å². The van der Waals surface area contributed by atoms with Crippen LogP contribution in [0, 0.1) is 5.82 Å². The van der Waals surface area contributed by atoms with Crippen LogP contribution in [0.1, 0.15) is 16.8 Å². The molecule has 0 unspecified atom stereocenters. The third kappa shape index (κ3) is 4.25. The van der Waals surface area contributed by atoms with E-state index in [4.69, 9.17) is 19.6 Å². The van der Waals surface area contributed by atoms with Crippen molar-refractivity contribution in [3.63, 3.8) is 0 Å². The summed E-state index contributed by atoms with van der Waals surface area (Å²) in [5.41, 5.74) is 4.63. The fourth-order valence-corrected chi connectivity index (χ4v) is 7.76. The molecule has 202 valence electrons. The molecule has 7 rings (SSSR count).